The second-order valence-electron chi connectivity index (χ2n) is 5.31. The Morgan fingerprint density at radius 3 is 3.16 bits per heavy atom. The predicted octanol–water partition coefficient (Wildman–Crippen LogP) is 2.46. The molecule has 0 aromatic carbocycles. The second kappa shape index (κ2) is 5.21. The summed E-state index contributed by atoms with van der Waals surface area (Å²) in [6, 6.07) is 4.16. The normalized spacial score (nSPS) is 21.0. The summed E-state index contributed by atoms with van der Waals surface area (Å²) in [5.41, 5.74) is 0.802. The van der Waals surface area contributed by atoms with Crippen LogP contribution in [0.4, 0.5) is 0 Å². The van der Waals surface area contributed by atoms with Crippen LogP contribution in [0.15, 0.2) is 24.5 Å². The molecule has 2 aromatic rings. The summed E-state index contributed by atoms with van der Waals surface area (Å²) in [6.45, 7) is 4.54. The van der Waals surface area contributed by atoms with Crippen LogP contribution < -0.4 is 0 Å². The van der Waals surface area contributed by atoms with Crippen LogP contribution in [0.2, 0.25) is 0 Å². The number of hydrogen-bond acceptors (Lipinski definition) is 3. The van der Waals surface area contributed by atoms with Gasteiger partial charge in [-0.3, -0.25) is 0 Å². The van der Waals surface area contributed by atoms with E-state index in [0.29, 0.717) is 11.8 Å². The minimum atomic E-state index is 0.303. The third-order valence-corrected chi connectivity index (χ3v) is 4.20. The number of imidazole rings is 1. The first-order valence-corrected chi connectivity index (χ1v) is 7.17. The molecule has 2 aromatic heterocycles. The Hall–Kier alpha value is -1.55. The molecule has 3 rings (SSSR count). The highest BCUT2D eigenvalue weighted by Crippen LogP contribution is 2.23. The molecule has 0 spiro atoms. The predicted molar refractivity (Wildman–Crippen MR) is 75.4 cm³/mol. The number of hydrogen-bond donors (Lipinski definition) is 1. The van der Waals surface area contributed by atoms with E-state index in [2.05, 4.69) is 16.8 Å². The Bertz CT molecular complexity index is 564. The quantitative estimate of drug-likeness (QED) is 0.920. The minimum absolute atomic E-state index is 0.303. The average Bonchev–Trinajstić information content (AvgIpc) is 2.84. The van der Waals surface area contributed by atoms with Crippen molar-refractivity contribution in [2.45, 2.75) is 38.6 Å². The lowest BCUT2D eigenvalue weighted by Crippen LogP contribution is -2.40. The third-order valence-electron chi connectivity index (χ3n) is 4.20. The molecule has 19 heavy (non-hydrogen) atoms. The molecule has 1 unspecified atom stereocenters. The van der Waals surface area contributed by atoms with Crippen LogP contribution >= 0.6 is 0 Å². The number of aromatic nitrogens is 2. The molecule has 1 N–H and O–H groups in total. The lowest BCUT2D eigenvalue weighted by atomic mass is 9.99. The lowest BCUT2D eigenvalue weighted by molar-refractivity contribution is 0.153. The van der Waals surface area contributed by atoms with Crippen LogP contribution in [0.1, 0.15) is 32.0 Å². The van der Waals surface area contributed by atoms with Crippen molar-refractivity contribution in [2.24, 2.45) is 0 Å². The number of pyridine rings is 1. The van der Waals surface area contributed by atoms with Gasteiger partial charge in [-0.25, -0.2) is 4.98 Å². The Morgan fingerprint density at radius 2 is 2.32 bits per heavy atom. The minimum Gasteiger partial charge on any atom is -0.506 e. The molecule has 0 bridgehead atoms. The number of piperidine rings is 1. The van der Waals surface area contributed by atoms with E-state index in [9.17, 15) is 5.11 Å². The number of nitrogens with zero attached hydrogens (tertiary/aromatic N) is 3. The van der Waals surface area contributed by atoms with E-state index < -0.39 is 0 Å². The van der Waals surface area contributed by atoms with E-state index in [1.54, 1.807) is 12.3 Å². The van der Waals surface area contributed by atoms with Gasteiger partial charge < -0.3 is 14.4 Å². The van der Waals surface area contributed by atoms with Crippen LogP contribution in [-0.4, -0.2) is 38.5 Å². The molecule has 102 valence electrons. The van der Waals surface area contributed by atoms with Crippen molar-refractivity contribution in [3.05, 3.63) is 30.4 Å². The van der Waals surface area contributed by atoms with Crippen molar-refractivity contribution in [3.8, 4) is 5.75 Å². The van der Waals surface area contributed by atoms with E-state index in [1.165, 1.54) is 25.8 Å². The van der Waals surface area contributed by atoms with Gasteiger partial charge in [0.05, 0.1) is 6.20 Å². The monoisotopic (exact) mass is 259 g/mol. The average molecular weight is 259 g/mol. The fraction of sp³-hybridized carbons (Fsp3) is 0.533. The van der Waals surface area contributed by atoms with Gasteiger partial charge in [-0.2, -0.15) is 0 Å². The van der Waals surface area contributed by atoms with Crippen LogP contribution in [0.3, 0.4) is 0 Å². The first-order valence-electron chi connectivity index (χ1n) is 7.17. The Balaban J connectivity index is 1.86. The van der Waals surface area contributed by atoms with Gasteiger partial charge in [0.2, 0.25) is 0 Å². The van der Waals surface area contributed by atoms with Crippen molar-refractivity contribution in [2.75, 3.05) is 13.1 Å². The van der Waals surface area contributed by atoms with Gasteiger partial charge in [0.25, 0.3) is 0 Å². The highest BCUT2D eigenvalue weighted by molar-refractivity contribution is 5.58. The van der Waals surface area contributed by atoms with Gasteiger partial charge in [0.15, 0.2) is 0 Å². The number of fused-ring (bicyclic) bond motifs is 1. The highest BCUT2D eigenvalue weighted by atomic mass is 16.3. The first-order chi connectivity index (χ1) is 9.29. The Kier molecular flexibility index (Phi) is 3.42. The molecule has 1 fully saturated rings. The van der Waals surface area contributed by atoms with Gasteiger partial charge in [-0.15, -0.1) is 0 Å². The summed E-state index contributed by atoms with van der Waals surface area (Å²) in [5.74, 6) is 1.36. The van der Waals surface area contributed by atoms with Crippen LogP contribution in [0.25, 0.3) is 5.52 Å². The van der Waals surface area contributed by atoms with Crippen molar-refractivity contribution in [3.63, 3.8) is 0 Å². The highest BCUT2D eigenvalue weighted by Gasteiger charge is 2.22. The molecule has 1 aliphatic rings. The molecule has 1 atom stereocenters. The summed E-state index contributed by atoms with van der Waals surface area (Å²) in [6.07, 6.45) is 8.59. The molecule has 3 heterocycles. The summed E-state index contributed by atoms with van der Waals surface area (Å²) in [7, 11) is 0. The lowest BCUT2D eigenvalue weighted by Gasteiger charge is -2.34. The van der Waals surface area contributed by atoms with Crippen molar-refractivity contribution in [1.29, 1.82) is 0 Å². The molecular weight excluding hydrogens is 238 g/mol. The summed E-state index contributed by atoms with van der Waals surface area (Å²) in [5, 5.41) is 9.82. The van der Waals surface area contributed by atoms with Crippen molar-refractivity contribution < 1.29 is 5.11 Å². The van der Waals surface area contributed by atoms with Crippen LogP contribution in [0, 0.1) is 0 Å². The van der Waals surface area contributed by atoms with E-state index in [1.807, 2.05) is 16.7 Å². The smallest absolute Gasteiger partial charge is 0.141 e. The Labute approximate surface area is 113 Å². The second-order valence-corrected chi connectivity index (χ2v) is 5.31. The maximum atomic E-state index is 9.82. The largest absolute Gasteiger partial charge is 0.506 e. The molecule has 4 heteroatoms. The zero-order valence-corrected chi connectivity index (χ0v) is 11.4. The third kappa shape index (κ3) is 2.32. The molecule has 0 amide bonds. The summed E-state index contributed by atoms with van der Waals surface area (Å²) >= 11 is 0. The first kappa shape index (κ1) is 12.5. The maximum Gasteiger partial charge on any atom is 0.141 e. The number of likely N-dealkylation sites (tertiary alicyclic amines) is 1. The van der Waals surface area contributed by atoms with Gasteiger partial charge in [0.1, 0.15) is 17.1 Å². The van der Waals surface area contributed by atoms with Gasteiger partial charge >= 0.3 is 0 Å². The summed E-state index contributed by atoms with van der Waals surface area (Å²) < 4.78 is 2.01. The fourth-order valence-corrected chi connectivity index (χ4v) is 3.13. The van der Waals surface area contributed by atoms with E-state index in [-0.39, 0.29) is 0 Å². The molecule has 4 nitrogen and oxygen atoms in total. The van der Waals surface area contributed by atoms with Gasteiger partial charge in [-0.1, -0.05) is 13.3 Å². The maximum absolute atomic E-state index is 9.82. The van der Waals surface area contributed by atoms with Gasteiger partial charge in [0, 0.05) is 18.7 Å². The zero-order valence-electron chi connectivity index (χ0n) is 11.4. The summed E-state index contributed by atoms with van der Waals surface area (Å²) in [4.78, 5) is 7.04. The zero-order chi connectivity index (χ0) is 13.2. The van der Waals surface area contributed by atoms with Crippen LogP contribution in [0.5, 0.6) is 5.75 Å². The SMILES string of the molecule is CCN1CCCCC1Cc1ncc2c(O)cccn12. The molecular formula is C15H21N3O. The molecule has 1 saturated heterocycles. The van der Waals surface area contributed by atoms with E-state index >= 15 is 0 Å². The number of rotatable bonds is 3. The van der Waals surface area contributed by atoms with E-state index in [4.69, 9.17) is 0 Å². The van der Waals surface area contributed by atoms with Crippen molar-refractivity contribution >= 4 is 5.52 Å². The number of aromatic hydroxyl groups is 1. The standard InChI is InChI=1S/C15H21N3O/c1-2-17-8-4-3-6-12(17)10-15-16-11-13-14(19)7-5-9-18(13)15/h5,7,9,11-12,19H,2-4,6,8,10H2,1H3. The molecule has 1 aliphatic heterocycles. The van der Waals surface area contributed by atoms with Crippen molar-refractivity contribution in [1.82, 2.24) is 14.3 Å². The topological polar surface area (TPSA) is 40.8 Å². The fourth-order valence-electron chi connectivity index (χ4n) is 3.13. The Morgan fingerprint density at radius 1 is 1.42 bits per heavy atom. The molecule has 0 aliphatic carbocycles. The van der Waals surface area contributed by atoms with Gasteiger partial charge in [-0.05, 0) is 38.1 Å². The number of likely N-dealkylation sites (N-methyl/N-ethyl adjacent to an activating group) is 1. The van der Waals surface area contributed by atoms with Crippen LogP contribution in [-0.2, 0) is 6.42 Å². The van der Waals surface area contributed by atoms with E-state index in [0.717, 1.165) is 24.3 Å². The molecule has 0 saturated carbocycles. The molecule has 0 radical (unpaired) electrons.